The molecular weight excluding hydrogens is 316 g/mol. The molecule has 5 nitrogen and oxygen atoms in total. The highest BCUT2D eigenvalue weighted by Crippen LogP contribution is 2.41. The molecule has 2 saturated heterocycles. The van der Waals surface area contributed by atoms with Crippen LogP contribution >= 0.6 is 0 Å². The highest BCUT2D eigenvalue weighted by Gasteiger charge is 2.46. The van der Waals surface area contributed by atoms with Crippen LogP contribution in [0.15, 0.2) is 18.2 Å². The molecule has 2 aliphatic heterocycles. The lowest BCUT2D eigenvalue weighted by Crippen LogP contribution is -2.61. The van der Waals surface area contributed by atoms with Crippen molar-refractivity contribution in [3.8, 4) is 5.75 Å². The second-order valence-corrected chi connectivity index (χ2v) is 7.68. The lowest BCUT2D eigenvalue weighted by molar-refractivity contribution is -0.0684. The minimum Gasteiger partial charge on any atom is -0.496 e. The third-order valence-corrected chi connectivity index (χ3v) is 6.15. The Morgan fingerprint density at radius 1 is 1.24 bits per heavy atom. The summed E-state index contributed by atoms with van der Waals surface area (Å²) in [6, 6.07) is 6.84. The third-order valence-electron chi connectivity index (χ3n) is 6.15. The Bertz CT molecular complexity index is 580. The van der Waals surface area contributed by atoms with Crippen LogP contribution in [0.5, 0.6) is 5.75 Å². The summed E-state index contributed by atoms with van der Waals surface area (Å²) in [5.74, 6) is 0.885. The Hall–Kier alpha value is -1.14. The van der Waals surface area contributed by atoms with Crippen molar-refractivity contribution in [3.63, 3.8) is 0 Å². The number of rotatable bonds is 6. The van der Waals surface area contributed by atoms with Crippen molar-refractivity contribution in [1.82, 2.24) is 9.80 Å². The Morgan fingerprint density at radius 2 is 2.08 bits per heavy atom. The van der Waals surface area contributed by atoms with E-state index < -0.39 is 0 Å². The summed E-state index contributed by atoms with van der Waals surface area (Å²) in [7, 11) is 5.62. The van der Waals surface area contributed by atoms with Gasteiger partial charge in [0.25, 0.3) is 0 Å². The molecule has 5 heteroatoms. The second kappa shape index (κ2) is 8.04. The highest BCUT2D eigenvalue weighted by atomic mass is 16.5. The van der Waals surface area contributed by atoms with Crippen LogP contribution in [0.25, 0.3) is 0 Å². The summed E-state index contributed by atoms with van der Waals surface area (Å²) in [6.45, 7) is 5.04. The Labute approximate surface area is 151 Å². The number of nitrogens with zero attached hydrogens (tertiary/aromatic N) is 2. The zero-order valence-electron chi connectivity index (χ0n) is 15.8. The average molecular weight is 348 g/mol. The topological polar surface area (TPSA) is 45.2 Å². The predicted octanol–water partition coefficient (Wildman–Crippen LogP) is 2.12. The van der Waals surface area contributed by atoms with Gasteiger partial charge in [0.05, 0.1) is 20.3 Å². The molecule has 0 aromatic heterocycles. The summed E-state index contributed by atoms with van der Waals surface area (Å²) in [6.07, 6.45) is 3.44. The second-order valence-electron chi connectivity index (χ2n) is 7.68. The molecule has 1 aromatic carbocycles. The fourth-order valence-electron chi connectivity index (χ4n) is 4.68. The molecule has 1 aromatic rings. The zero-order valence-corrected chi connectivity index (χ0v) is 15.8. The van der Waals surface area contributed by atoms with E-state index >= 15 is 0 Å². The molecule has 0 aliphatic carbocycles. The Morgan fingerprint density at radius 3 is 2.80 bits per heavy atom. The molecule has 2 fully saturated rings. The molecule has 3 rings (SSSR count). The first-order valence-corrected chi connectivity index (χ1v) is 9.30. The minimum absolute atomic E-state index is 0.102. The number of likely N-dealkylation sites (tertiary alicyclic amines) is 2. The van der Waals surface area contributed by atoms with Gasteiger partial charge < -0.3 is 19.5 Å². The number of piperidine rings is 2. The number of ether oxygens (including phenoxy) is 2. The molecule has 140 valence electrons. The van der Waals surface area contributed by atoms with E-state index in [9.17, 15) is 5.11 Å². The van der Waals surface area contributed by atoms with Crippen LogP contribution in [0.1, 0.15) is 30.4 Å². The molecule has 0 amide bonds. The van der Waals surface area contributed by atoms with Crippen LogP contribution in [-0.4, -0.2) is 68.5 Å². The lowest BCUT2D eigenvalue weighted by atomic mass is 9.69. The van der Waals surface area contributed by atoms with Gasteiger partial charge in [-0.15, -0.1) is 0 Å². The lowest BCUT2D eigenvalue weighted by Gasteiger charge is -2.53. The molecule has 0 radical (unpaired) electrons. The van der Waals surface area contributed by atoms with E-state index in [1.165, 1.54) is 12.0 Å². The van der Waals surface area contributed by atoms with Crippen LogP contribution < -0.4 is 4.74 Å². The number of fused-ring (bicyclic) bond motifs is 1. The van der Waals surface area contributed by atoms with E-state index in [1.54, 1.807) is 14.2 Å². The average Bonchev–Trinajstić information content (AvgIpc) is 2.63. The van der Waals surface area contributed by atoms with Gasteiger partial charge in [0.1, 0.15) is 5.75 Å². The summed E-state index contributed by atoms with van der Waals surface area (Å²) in [4.78, 5) is 4.98. The number of likely N-dealkylation sites (N-methyl/N-ethyl adjacent to an activating group) is 1. The van der Waals surface area contributed by atoms with E-state index in [2.05, 4.69) is 29.0 Å². The van der Waals surface area contributed by atoms with Crippen LogP contribution in [0, 0.1) is 5.41 Å². The molecule has 0 unspecified atom stereocenters. The number of aliphatic hydroxyl groups is 1. The van der Waals surface area contributed by atoms with Crippen LogP contribution in [0.2, 0.25) is 0 Å². The molecule has 0 bridgehead atoms. The van der Waals surface area contributed by atoms with Gasteiger partial charge >= 0.3 is 0 Å². The molecule has 2 atom stereocenters. The van der Waals surface area contributed by atoms with E-state index in [1.807, 2.05) is 6.07 Å². The number of methoxy groups -OCH3 is 2. The maximum Gasteiger partial charge on any atom is 0.124 e. The van der Waals surface area contributed by atoms with Crippen molar-refractivity contribution in [2.24, 2.45) is 5.41 Å². The zero-order chi connectivity index (χ0) is 17.9. The monoisotopic (exact) mass is 348 g/mol. The Kier molecular flexibility index (Phi) is 6.00. The Balaban J connectivity index is 1.71. The number of aliphatic hydroxyl groups excluding tert-OH is 1. The van der Waals surface area contributed by atoms with Crippen molar-refractivity contribution in [1.29, 1.82) is 0 Å². The van der Waals surface area contributed by atoms with Crippen molar-refractivity contribution in [3.05, 3.63) is 29.3 Å². The number of hydrogen-bond acceptors (Lipinski definition) is 5. The normalized spacial score (nSPS) is 27.9. The highest BCUT2D eigenvalue weighted by molar-refractivity contribution is 5.37. The van der Waals surface area contributed by atoms with E-state index in [-0.39, 0.29) is 5.41 Å². The molecule has 25 heavy (non-hydrogen) atoms. The van der Waals surface area contributed by atoms with E-state index in [4.69, 9.17) is 9.47 Å². The van der Waals surface area contributed by atoms with Gasteiger partial charge in [0.15, 0.2) is 0 Å². The summed E-state index contributed by atoms with van der Waals surface area (Å²) in [5, 5.41) is 10.1. The van der Waals surface area contributed by atoms with Gasteiger partial charge in [-0.25, -0.2) is 0 Å². The van der Waals surface area contributed by atoms with Crippen molar-refractivity contribution in [2.75, 3.05) is 47.5 Å². The number of benzene rings is 1. The fraction of sp³-hybridized carbons (Fsp3) is 0.700. The molecular formula is C20H32N2O3. The summed E-state index contributed by atoms with van der Waals surface area (Å²) in [5.41, 5.74) is 2.49. The first-order valence-electron chi connectivity index (χ1n) is 9.30. The summed E-state index contributed by atoms with van der Waals surface area (Å²) >= 11 is 0. The molecule has 1 N–H and O–H groups in total. The molecule has 2 heterocycles. The number of hydrogen-bond donors (Lipinski definition) is 1. The standard InChI is InChI=1S/C20H32N2O3/c1-21-9-4-7-20(15-23)8-10-22(13-19(20)21)12-16-5-6-18(25-3)17(11-16)14-24-2/h5-6,11,19,23H,4,7-10,12-15H2,1-3H3/t19-,20-/m1/s1. The maximum absolute atomic E-state index is 10.1. The van der Waals surface area contributed by atoms with E-state index in [0.29, 0.717) is 19.3 Å². The van der Waals surface area contributed by atoms with Crippen LogP contribution in [0.3, 0.4) is 0 Å². The first kappa shape index (κ1) is 18.6. The minimum atomic E-state index is 0.102. The molecule has 0 saturated carbocycles. The predicted molar refractivity (Wildman–Crippen MR) is 98.8 cm³/mol. The molecule has 2 aliphatic rings. The maximum atomic E-state index is 10.1. The largest absolute Gasteiger partial charge is 0.496 e. The van der Waals surface area contributed by atoms with Crippen molar-refractivity contribution < 1.29 is 14.6 Å². The summed E-state index contributed by atoms with van der Waals surface area (Å²) < 4.78 is 10.7. The van der Waals surface area contributed by atoms with Crippen LogP contribution in [-0.2, 0) is 17.9 Å². The first-order chi connectivity index (χ1) is 12.1. The van der Waals surface area contributed by atoms with Gasteiger partial charge in [-0.3, -0.25) is 4.90 Å². The SMILES string of the molecule is COCc1cc(CN2CC[C@@]3(CO)CCCN(C)[C@@H]3C2)ccc1OC. The van der Waals surface area contributed by atoms with Gasteiger partial charge in [0, 0.05) is 37.2 Å². The fourth-order valence-corrected chi connectivity index (χ4v) is 4.68. The van der Waals surface area contributed by atoms with Crippen molar-refractivity contribution >= 4 is 0 Å². The van der Waals surface area contributed by atoms with E-state index in [0.717, 1.165) is 50.3 Å². The quantitative estimate of drug-likeness (QED) is 0.853. The third kappa shape index (κ3) is 3.85. The molecule has 0 spiro atoms. The van der Waals surface area contributed by atoms with Crippen molar-refractivity contribution in [2.45, 2.75) is 38.5 Å². The van der Waals surface area contributed by atoms with Crippen LogP contribution in [0.4, 0.5) is 0 Å². The van der Waals surface area contributed by atoms with Gasteiger partial charge in [-0.2, -0.15) is 0 Å². The van der Waals surface area contributed by atoms with Gasteiger partial charge in [0.2, 0.25) is 0 Å². The smallest absolute Gasteiger partial charge is 0.124 e. The van der Waals surface area contributed by atoms with Gasteiger partial charge in [-0.05, 0) is 57.1 Å². The van der Waals surface area contributed by atoms with Gasteiger partial charge in [-0.1, -0.05) is 6.07 Å².